The molecule has 1 amide bonds. The van der Waals surface area contributed by atoms with Crippen molar-refractivity contribution in [1.29, 1.82) is 0 Å². The monoisotopic (exact) mass is 336 g/mol. The molecule has 0 atom stereocenters. The number of aryl methyl sites for hydroxylation is 1. The molecule has 1 aromatic heterocycles. The molecule has 24 heavy (non-hydrogen) atoms. The Morgan fingerprint density at radius 1 is 1.21 bits per heavy atom. The Hall–Kier alpha value is -2.51. The standard InChI is InChI=1S/C16H18F2N4O2/c17-16(18)24-12-7-5-11(6-8-12)15(23)19-10-14-21-20-13-4-2-1-3-9-22(13)14/h5-8,16H,1-4,9-10H2,(H,19,23). The Labute approximate surface area is 137 Å². The van der Waals surface area contributed by atoms with Crippen LogP contribution >= 0.6 is 0 Å². The van der Waals surface area contributed by atoms with Crippen LogP contribution in [0.4, 0.5) is 8.78 Å². The van der Waals surface area contributed by atoms with Crippen molar-refractivity contribution in [2.45, 2.75) is 45.4 Å². The highest BCUT2D eigenvalue weighted by Crippen LogP contribution is 2.16. The number of hydrogen-bond donors (Lipinski definition) is 1. The van der Waals surface area contributed by atoms with Crippen LogP contribution in [0, 0.1) is 0 Å². The summed E-state index contributed by atoms with van der Waals surface area (Å²) in [5, 5.41) is 11.1. The van der Waals surface area contributed by atoms with Gasteiger partial charge in [-0.25, -0.2) is 0 Å². The Morgan fingerprint density at radius 3 is 2.75 bits per heavy atom. The highest BCUT2D eigenvalue weighted by atomic mass is 19.3. The van der Waals surface area contributed by atoms with Crippen LogP contribution in [0.3, 0.4) is 0 Å². The lowest BCUT2D eigenvalue weighted by Crippen LogP contribution is -2.25. The summed E-state index contributed by atoms with van der Waals surface area (Å²) in [5.74, 6) is 1.41. The smallest absolute Gasteiger partial charge is 0.387 e. The Balaban J connectivity index is 1.60. The molecule has 0 radical (unpaired) electrons. The molecule has 1 N–H and O–H groups in total. The van der Waals surface area contributed by atoms with Crippen molar-refractivity contribution in [2.24, 2.45) is 0 Å². The molecule has 0 unspecified atom stereocenters. The summed E-state index contributed by atoms with van der Waals surface area (Å²) in [4.78, 5) is 12.2. The predicted molar refractivity (Wildman–Crippen MR) is 81.8 cm³/mol. The zero-order valence-corrected chi connectivity index (χ0v) is 13.0. The topological polar surface area (TPSA) is 69.0 Å². The molecule has 6 nitrogen and oxygen atoms in total. The first-order chi connectivity index (χ1) is 11.6. The van der Waals surface area contributed by atoms with Crippen LogP contribution in [0.15, 0.2) is 24.3 Å². The number of fused-ring (bicyclic) bond motifs is 1. The second-order valence-electron chi connectivity index (χ2n) is 5.58. The van der Waals surface area contributed by atoms with Crippen molar-refractivity contribution in [3.63, 3.8) is 0 Å². The summed E-state index contributed by atoms with van der Waals surface area (Å²) in [6, 6.07) is 5.56. The lowest BCUT2D eigenvalue weighted by Gasteiger charge is -2.09. The van der Waals surface area contributed by atoms with E-state index >= 15 is 0 Å². The molecule has 2 heterocycles. The number of ether oxygens (including phenoxy) is 1. The van der Waals surface area contributed by atoms with Crippen LogP contribution in [0.5, 0.6) is 5.75 Å². The zero-order chi connectivity index (χ0) is 16.9. The van der Waals surface area contributed by atoms with E-state index in [-0.39, 0.29) is 18.2 Å². The maximum absolute atomic E-state index is 12.2. The molecule has 0 spiro atoms. The van der Waals surface area contributed by atoms with Crippen LogP contribution < -0.4 is 10.1 Å². The van der Waals surface area contributed by atoms with Crippen LogP contribution in [0.1, 0.15) is 41.3 Å². The molecule has 3 rings (SSSR count). The normalized spacial score (nSPS) is 14.1. The van der Waals surface area contributed by atoms with Crippen molar-refractivity contribution in [3.8, 4) is 5.75 Å². The maximum atomic E-state index is 12.2. The molecule has 1 aliphatic rings. The van der Waals surface area contributed by atoms with Gasteiger partial charge in [0.1, 0.15) is 11.6 Å². The highest BCUT2D eigenvalue weighted by molar-refractivity contribution is 5.94. The number of carbonyl (C=O) groups is 1. The van der Waals surface area contributed by atoms with E-state index in [4.69, 9.17) is 0 Å². The SMILES string of the molecule is O=C(NCc1nnc2n1CCCCC2)c1ccc(OC(F)F)cc1. The molecule has 0 aliphatic carbocycles. The molecular weight excluding hydrogens is 318 g/mol. The van der Waals surface area contributed by atoms with E-state index < -0.39 is 6.61 Å². The van der Waals surface area contributed by atoms with Gasteiger partial charge in [0, 0.05) is 18.5 Å². The molecule has 0 saturated carbocycles. The number of benzene rings is 1. The fourth-order valence-corrected chi connectivity index (χ4v) is 2.73. The maximum Gasteiger partial charge on any atom is 0.387 e. The van der Waals surface area contributed by atoms with Crippen LogP contribution in [-0.4, -0.2) is 27.3 Å². The van der Waals surface area contributed by atoms with Crippen LogP contribution in [0.25, 0.3) is 0 Å². The number of hydrogen-bond acceptors (Lipinski definition) is 4. The summed E-state index contributed by atoms with van der Waals surface area (Å²) in [5.41, 5.74) is 0.368. The second-order valence-corrected chi connectivity index (χ2v) is 5.58. The first-order valence-corrected chi connectivity index (χ1v) is 7.87. The Kier molecular flexibility index (Phi) is 5.02. The molecule has 8 heteroatoms. The number of carbonyl (C=O) groups excluding carboxylic acids is 1. The van der Waals surface area contributed by atoms with Crippen molar-refractivity contribution in [3.05, 3.63) is 41.5 Å². The third-order valence-electron chi connectivity index (χ3n) is 3.93. The van der Waals surface area contributed by atoms with E-state index in [2.05, 4.69) is 24.8 Å². The molecule has 0 saturated heterocycles. The second kappa shape index (κ2) is 7.37. The van der Waals surface area contributed by atoms with Crippen LogP contribution in [-0.2, 0) is 19.5 Å². The number of nitrogens with one attached hydrogen (secondary N) is 1. The van der Waals surface area contributed by atoms with Gasteiger partial charge in [0.15, 0.2) is 5.82 Å². The molecule has 2 aromatic rings. The summed E-state index contributed by atoms with van der Waals surface area (Å²) in [6.45, 7) is -1.73. The molecular formula is C16H18F2N4O2. The average Bonchev–Trinajstić information content (AvgIpc) is 2.79. The van der Waals surface area contributed by atoms with Crippen molar-refractivity contribution < 1.29 is 18.3 Å². The van der Waals surface area contributed by atoms with Gasteiger partial charge in [-0.15, -0.1) is 10.2 Å². The fraction of sp³-hybridized carbons (Fsp3) is 0.438. The van der Waals surface area contributed by atoms with Gasteiger partial charge in [0.2, 0.25) is 0 Å². The Morgan fingerprint density at radius 2 is 2.00 bits per heavy atom. The Bertz CT molecular complexity index is 701. The molecule has 1 aromatic carbocycles. The largest absolute Gasteiger partial charge is 0.435 e. The number of halogens is 2. The summed E-state index contributed by atoms with van der Waals surface area (Å²) >= 11 is 0. The number of amides is 1. The van der Waals surface area contributed by atoms with Crippen LogP contribution in [0.2, 0.25) is 0 Å². The lowest BCUT2D eigenvalue weighted by atomic mass is 10.2. The first kappa shape index (κ1) is 16.4. The van der Waals surface area contributed by atoms with Gasteiger partial charge in [-0.05, 0) is 37.1 Å². The quantitative estimate of drug-likeness (QED) is 0.911. The minimum Gasteiger partial charge on any atom is -0.435 e. The van der Waals surface area contributed by atoms with Gasteiger partial charge in [-0.1, -0.05) is 6.42 Å². The van der Waals surface area contributed by atoms with E-state index in [1.54, 1.807) is 0 Å². The number of rotatable bonds is 5. The summed E-state index contributed by atoms with van der Waals surface area (Å²) in [7, 11) is 0. The zero-order valence-electron chi connectivity index (χ0n) is 13.0. The van der Waals surface area contributed by atoms with E-state index in [1.165, 1.54) is 30.7 Å². The third-order valence-corrected chi connectivity index (χ3v) is 3.93. The fourth-order valence-electron chi connectivity index (χ4n) is 2.73. The van der Waals surface area contributed by atoms with Gasteiger partial charge in [-0.2, -0.15) is 8.78 Å². The van der Waals surface area contributed by atoms with Gasteiger partial charge >= 0.3 is 6.61 Å². The molecule has 0 fully saturated rings. The molecule has 0 bridgehead atoms. The summed E-state index contributed by atoms with van der Waals surface area (Å²) < 4.78 is 30.5. The minimum absolute atomic E-state index is 0.0179. The molecule has 1 aliphatic heterocycles. The number of nitrogens with zero attached hydrogens (tertiary/aromatic N) is 3. The van der Waals surface area contributed by atoms with E-state index in [1.807, 2.05) is 0 Å². The van der Waals surface area contributed by atoms with Gasteiger partial charge in [-0.3, -0.25) is 4.79 Å². The highest BCUT2D eigenvalue weighted by Gasteiger charge is 2.15. The van der Waals surface area contributed by atoms with Gasteiger partial charge in [0.05, 0.1) is 6.54 Å². The predicted octanol–water partition coefficient (Wildman–Crippen LogP) is 2.54. The van der Waals surface area contributed by atoms with E-state index in [0.717, 1.165) is 37.5 Å². The summed E-state index contributed by atoms with van der Waals surface area (Å²) in [6.07, 6.45) is 4.27. The van der Waals surface area contributed by atoms with Gasteiger partial charge < -0.3 is 14.6 Å². The minimum atomic E-state index is -2.88. The van der Waals surface area contributed by atoms with Gasteiger partial charge in [0.25, 0.3) is 5.91 Å². The van der Waals surface area contributed by atoms with Crippen molar-refractivity contribution >= 4 is 5.91 Å². The third kappa shape index (κ3) is 3.87. The first-order valence-electron chi connectivity index (χ1n) is 7.87. The van der Waals surface area contributed by atoms with Crippen molar-refractivity contribution in [1.82, 2.24) is 20.1 Å². The van der Waals surface area contributed by atoms with Crippen molar-refractivity contribution in [2.75, 3.05) is 0 Å². The van der Waals surface area contributed by atoms with E-state index in [9.17, 15) is 13.6 Å². The number of alkyl halides is 2. The van der Waals surface area contributed by atoms with E-state index in [0.29, 0.717) is 5.56 Å². The average molecular weight is 336 g/mol. The molecule has 128 valence electrons. The lowest BCUT2D eigenvalue weighted by molar-refractivity contribution is -0.0498. The number of aromatic nitrogens is 3.